The average molecular weight is 272 g/mol. The summed E-state index contributed by atoms with van der Waals surface area (Å²) in [5.41, 5.74) is 0.719. The SMILES string of the molecule is CC(=O)c1cccc(NC(=O)NCC(F)(F)CO)c1. The minimum atomic E-state index is -3.36. The van der Waals surface area contributed by atoms with Crippen molar-refractivity contribution in [3.63, 3.8) is 0 Å². The normalized spacial score (nSPS) is 10.9. The number of hydrogen-bond acceptors (Lipinski definition) is 3. The molecule has 0 atom stereocenters. The number of amides is 2. The van der Waals surface area contributed by atoms with Gasteiger partial charge in [0, 0.05) is 11.3 Å². The number of nitrogens with one attached hydrogen (secondary N) is 2. The Bertz CT molecular complexity index is 478. The summed E-state index contributed by atoms with van der Waals surface area (Å²) in [5, 5.41) is 12.6. The number of urea groups is 1. The highest BCUT2D eigenvalue weighted by atomic mass is 19.3. The summed E-state index contributed by atoms with van der Waals surface area (Å²) < 4.78 is 25.4. The standard InChI is InChI=1S/C12H14F2N2O3/c1-8(18)9-3-2-4-10(5-9)16-11(19)15-6-12(13,14)7-17/h2-5,17H,6-7H2,1H3,(H2,15,16,19). The van der Waals surface area contributed by atoms with Gasteiger partial charge < -0.3 is 15.7 Å². The van der Waals surface area contributed by atoms with Crippen LogP contribution in [0.4, 0.5) is 19.3 Å². The molecule has 0 aliphatic rings. The molecule has 3 N–H and O–H groups in total. The van der Waals surface area contributed by atoms with Gasteiger partial charge in [0.15, 0.2) is 5.78 Å². The largest absolute Gasteiger partial charge is 0.390 e. The molecule has 0 radical (unpaired) electrons. The molecule has 0 bridgehead atoms. The second-order valence-corrected chi connectivity index (χ2v) is 3.96. The van der Waals surface area contributed by atoms with E-state index in [1.54, 1.807) is 12.1 Å². The first-order valence-electron chi connectivity index (χ1n) is 5.48. The zero-order chi connectivity index (χ0) is 14.5. The Morgan fingerprint density at radius 1 is 1.37 bits per heavy atom. The maximum absolute atomic E-state index is 12.7. The highest BCUT2D eigenvalue weighted by Crippen LogP contribution is 2.12. The topological polar surface area (TPSA) is 78.4 Å². The third kappa shape index (κ3) is 5.01. The summed E-state index contributed by atoms with van der Waals surface area (Å²) in [6.07, 6.45) is 0. The first kappa shape index (κ1) is 15.0. The molecule has 19 heavy (non-hydrogen) atoms. The van der Waals surface area contributed by atoms with Gasteiger partial charge in [0.25, 0.3) is 5.92 Å². The van der Waals surface area contributed by atoms with Gasteiger partial charge in [-0.05, 0) is 19.1 Å². The number of aliphatic hydroxyl groups is 1. The summed E-state index contributed by atoms with van der Waals surface area (Å²) in [6.45, 7) is -0.935. The predicted octanol–water partition coefficient (Wildman–Crippen LogP) is 1.64. The van der Waals surface area contributed by atoms with Crippen molar-refractivity contribution in [3.8, 4) is 0 Å². The molecule has 0 saturated heterocycles. The Balaban J connectivity index is 2.58. The van der Waals surface area contributed by atoms with Crippen LogP contribution in [0.15, 0.2) is 24.3 Å². The van der Waals surface area contributed by atoms with E-state index in [-0.39, 0.29) is 5.78 Å². The zero-order valence-corrected chi connectivity index (χ0v) is 10.2. The fourth-order valence-corrected chi connectivity index (χ4v) is 1.26. The number of alkyl halides is 2. The van der Waals surface area contributed by atoms with E-state index in [9.17, 15) is 18.4 Å². The molecule has 1 rings (SSSR count). The number of benzene rings is 1. The summed E-state index contributed by atoms with van der Waals surface area (Å²) >= 11 is 0. The predicted molar refractivity (Wildman–Crippen MR) is 65.5 cm³/mol. The fourth-order valence-electron chi connectivity index (χ4n) is 1.26. The van der Waals surface area contributed by atoms with E-state index in [1.165, 1.54) is 19.1 Å². The van der Waals surface area contributed by atoms with Crippen LogP contribution in [0.3, 0.4) is 0 Å². The van der Waals surface area contributed by atoms with Crippen LogP contribution in [-0.2, 0) is 0 Å². The van der Waals surface area contributed by atoms with Crippen LogP contribution >= 0.6 is 0 Å². The van der Waals surface area contributed by atoms with Crippen molar-refractivity contribution in [1.29, 1.82) is 0 Å². The number of anilines is 1. The Kier molecular flexibility index (Phi) is 4.94. The molecule has 2 amide bonds. The number of halogens is 2. The van der Waals surface area contributed by atoms with Gasteiger partial charge in [-0.1, -0.05) is 12.1 Å². The lowest BCUT2D eigenvalue weighted by Gasteiger charge is -2.14. The molecule has 0 heterocycles. The monoisotopic (exact) mass is 272 g/mol. The fraction of sp³-hybridized carbons (Fsp3) is 0.333. The van der Waals surface area contributed by atoms with Crippen molar-refractivity contribution in [2.24, 2.45) is 0 Å². The lowest BCUT2D eigenvalue weighted by Crippen LogP contribution is -2.40. The molecule has 0 aliphatic heterocycles. The van der Waals surface area contributed by atoms with E-state index in [4.69, 9.17) is 5.11 Å². The van der Waals surface area contributed by atoms with E-state index in [1.807, 2.05) is 5.32 Å². The summed E-state index contributed by atoms with van der Waals surface area (Å²) in [4.78, 5) is 22.5. The molecule has 0 fully saturated rings. The maximum atomic E-state index is 12.7. The van der Waals surface area contributed by atoms with Gasteiger partial charge in [-0.15, -0.1) is 0 Å². The number of carbonyl (C=O) groups excluding carboxylic acids is 2. The smallest absolute Gasteiger partial charge is 0.319 e. The Hall–Kier alpha value is -2.02. The number of aliphatic hydroxyl groups excluding tert-OH is 1. The van der Waals surface area contributed by atoms with Crippen molar-refractivity contribution >= 4 is 17.5 Å². The number of hydrogen-bond donors (Lipinski definition) is 3. The zero-order valence-electron chi connectivity index (χ0n) is 10.2. The van der Waals surface area contributed by atoms with Gasteiger partial charge in [0.05, 0.1) is 6.54 Å². The molecular formula is C12H14F2N2O3. The second-order valence-electron chi connectivity index (χ2n) is 3.96. The van der Waals surface area contributed by atoms with Gasteiger partial charge in [0.1, 0.15) is 6.61 Å². The Morgan fingerprint density at radius 3 is 2.63 bits per heavy atom. The van der Waals surface area contributed by atoms with Gasteiger partial charge in [-0.2, -0.15) is 0 Å². The summed E-state index contributed by atoms with van der Waals surface area (Å²) in [7, 11) is 0. The van der Waals surface area contributed by atoms with Crippen molar-refractivity contribution in [3.05, 3.63) is 29.8 Å². The Labute approximate surface area is 108 Å². The molecule has 1 aromatic carbocycles. The van der Waals surface area contributed by atoms with Crippen molar-refractivity contribution in [1.82, 2.24) is 5.32 Å². The molecule has 0 aromatic heterocycles. The second kappa shape index (κ2) is 6.24. The van der Waals surface area contributed by atoms with Gasteiger partial charge in [-0.25, -0.2) is 13.6 Å². The number of carbonyl (C=O) groups is 2. The minimum Gasteiger partial charge on any atom is -0.390 e. The lowest BCUT2D eigenvalue weighted by molar-refractivity contribution is -0.0451. The lowest BCUT2D eigenvalue weighted by atomic mass is 10.1. The van der Waals surface area contributed by atoms with Crippen LogP contribution in [0.5, 0.6) is 0 Å². The molecule has 5 nitrogen and oxygen atoms in total. The molecule has 0 aliphatic carbocycles. The van der Waals surface area contributed by atoms with E-state index >= 15 is 0 Å². The molecule has 0 spiro atoms. The van der Waals surface area contributed by atoms with Crippen molar-refractivity contribution < 1.29 is 23.5 Å². The minimum absolute atomic E-state index is 0.170. The van der Waals surface area contributed by atoms with Crippen LogP contribution in [0, 0.1) is 0 Å². The molecule has 104 valence electrons. The number of Topliss-reactive ketones (excluding diaryl/α,β-unsaturated/α-hetero) is 1. The summed E-state index contributed by atoms with van der Waals surface area (Å²) in [6, 6.07) is 5.26. The first-order valence-corrected chi connectivity index (χ1v) is 5.48. The van der Waals surface area contributed by atoms with Crippen LogP contribution in [0.1, 0.15) is 17.3 Å². The van der Waals surface area contributed by atoms with Crippen molar-refractivity contribution in [2.75, 3.05) is 18.5 Å². The third-order valence-corrected chi connectivity index (χ3v) is 2.27. The van der Waals surface area contributed by atoms with Crippen LogP contribution in [-0.4, -0.2) is 36.0 Å². The highest BCUT2D eigenvalue weighted by molar-refractivity contribution is 5.96. The quantitative estimate of drug-likeness (QED) is 0.713. The molecular weight excluding hydrogens is 258 g/mol. The molecule has 0 unspecified atom stereocenters. The van der Waals surface area contributed by atoms with E-state index in [0.29, 0.717) is 11.3 Å². The van der Waals surface area contributed by atoms with Gasteiger partial charge >= 0.3 is 6.03 Å². The molecule has 7 heteroatoms. The van der Waals surface area contributed by atoms with Crippen LogP contribution in [0.25, 0.3) is 0 Å². The van der Waals surface area contributed by atoms with Crippen LogP contribution < -0.4 is 10.6 Å². The molecule has 0 saturated carbocycles. The van der Waals surface area contributed by atoms with E-state index in [0.717, 1.165) is 0 Å². The summed E-state index contributed by atoms with van der Waals surface area (Å²) in [5.74, 6) is -3.53. The molecule has 1 aromatic rings. The van der Waals surface area contributed by atoms with Gasteiger partial charge in [0.2, 0.25) is 0 Å². The van der Waals surface area contributed by atoms with Crippen molar-refractivity contribution in [2.45, 2.75) is 12.8 Å². The number of ketones is 1. The Morgan fingerprint density at radius 2 is 2.05 bits per heavy atom. The van der Waals surface area contributed by atoms with E-state index in [2.05, 4.69) is 5.32 Å². The van der Waals surface area contributed by atoms with Crippen LogP contribution in [0.2, 0.25) is 0 Å². The average Bonchev–Trinajstić information content (AvgIpc) is 2.37. The third-order valence-electron chi connectivity index (χ3n) is 2.27. The highest BCUT2D eigenvalue weighted by Gasteiger charge is 2.28. The number of rotatable bonds is 5. The van der Waals surface area contributed by atoms with E-state index < -0.39 is 25.1 Å². The van der Waals surface area contributed by atoms with Gasteiger partial charge in [-0.3, -0.25) is 4.79 Å². The maximum Gasteiger partial charge on any atom is 0.319 e. The first-order chi connectivity index (χ1) is 8.84.